The lowest BCUT2D eigenvalue weighted by molar-refractivity contribution is 0.239. The van der Waals surface area contributed by atoms with Gasteiger partial charge in [-0.3, -0.25) is 4.55 Å². The van der Waals surface area contributed by atoms with Crippen LogP contribution in [0.4, 0.5) is 0 Å². The molecular formula is C6H8O4S2. The molecule has 0 radical (unpaired) electrons. The molecule has 1 heterocycles. The molecule has 0 aliphatic rings. The lowest BCUT2D eigenvalue weighted by Crippen LogP contribution is -2.10. The molecule has 1 unspecified atom stereocenters. The molecule has 0 saturated carbocycles. The number of hydrogen-bond acceptors (Lipinski definition) is 4. The van der Waals surface area contributed by atoms with Gasteiger partial charge in [-0.2, -0.15) is 8.42 Å². The van der Waals surface area contributed by atoms with Crippen LogP contribution in [-0.4, -0.2) is 18.1 Å². The summed E-state index contributed by atoms with van der Waals surface area (Å²) in [5.74, 6) is 0. The molecule has 0 saturated heterocycles. The normalized spacial score (nSPS) is 14.6. The van der Waals surface area contributed by atoms with Gasteiger partial charge in [-0.15, -0.1) is 11.3 Å². The van der Waals surface area contributed by atoms with Gasteiger partial charge in [0.15, 0.2) is 0 Å². The molecule has 6 heteroatoms. The molecular weight excluding hydrogens is 200 g/mol. The van der Waals surface area contributed by atoms with Crippen molar-refractivity contribution in [3.63, 3.8) is 0 Å². The number of aryl methyl sites for hydroxylation is 1. The molecule has 68 valence electrons. The van der Waals surface area contributed by atoms with Crippen LogP contribution < -0.4 is 0 Å². The minimum absolute atomic E-state index is 0.208. The highest BCUT2D eigenvalue weighted by molar-refractivity contribution is 7.85. The van der Waals surface area contributed by atoms with E-state index in [9.17, 15) is 8.42 Å². The Labute approximate surface area is 74.2 Å². The lowest BCUT2D eigenvalue weighted by atomic mass is 10.3. The fourth-order valence-corrected chi connectivity index (χ4v) is 2.05. The van der Waals surface area contributed by atoms with E-state index in [0.717, 1.165) is 4.88 Å². The summed E-state index contributed by atoms with van der Waals surface area (Å²) >= 11 is 1.31. The van der Waals surface area contributed by atoms with Gasteiger partial charge < -0.3 is 5.11 Å². The average molecular weight is 208 g/mol. The van der Waals surface area contributed by atoms with Gasteiger partial charge in [0.25, 0.3) is 10.1 Å². The van der Waals surface area contributed by atoms with E-state index in [-0.39, 0.29) is 5.56 Å². The van der Waals surface area contributed by atoms with Crippen LogP contribution in [0, 0.1) is 6.92 Å². The zero-order chi connectivity index (χ0) is 9.35. The molecule has 1 rings (SSSR count). The number of rotatable bonds is 2. The quantitative estimate of drug-likeness (QED) is 0.709. The molecule has 4 nitrogen and oxygen atoms in total. The maximum Gasteiger partial charge on any atom is 0.296 e. The van der Waals surface area contributed by atoms with Crippen LogP contribution in [0.25, 0.3) is 0 Å². The summed E-state index contributed by atoms with van der Waals surface area (Å²) in [6.45, 7) is 1.78. The van der Waals surface area contributed by atoms with Crippen LogP contribution in [0.5, 0.6) is 0 Å². The maximum atomic E-state index is 10.5. The van der Waals surface area contributed by atoms with Gasteiger partial charge in [0.05, 0.1) is 0 Å². The first-order valence-corrected chi connectivity index (χ1v) is 5.49. The van der Waals surface area contributed by atoms with E-state index >= 15 is 0 Å². The molecule has 12 heavy (non-hydrogen) atoms. The highest BCUT2D eigenvalue weighted by Gasteiger charge is 2.22. The summed E-state index contributed by atoms with van der Waals surface area (Å²) in [6.07, 6.45) is 0. The fraction of sp³-hybridized carbons (Fsp3) is 0.333. The first kappa shape index (κ1) is 9.66. The molecule has 1 aromatic rings. The van der Waals surface area contributed by atoms with Gasteiger partial charge in [-0.1, -0.05) is 0 Å². The number of hydrogen-bond donors (Lipinski definition) is 2. The molecule has 0 bridgehead atoms. The van der Waals surface area contributed by atoms with Crippen molar-refractivity contribution in [1.82, 2.24) is 0 Å². The van der Waals surface area contributed by atoms with Gasteiger partial charge in [0.1, 0.15) is 0 Å². The third-order valence-electron chi connectivity index (χ3n) is 1.32. The average Bonchev–Trinajstić information content (AvgIpc) is 2.32. The molecule has 0 fully saturated rings. The van der Waals surface area contributed by atoms with Crippen LogP contribution in [-0.2, 0) is 10.1 Å². The highest BCUT2D eigenvalue weighted by atomic mass is 32.2. The summed E-state index contributed by atoms with van der Waals surface area (Å²) in [5, 5.41) is 10.5. The Hall–Kier alpha value is -0.430. The zero-order valence-electron chi connectivity index (χ0n) is 6.26. The van der Waals surface area contributed by atoms with Gasteiger partial charge in [-0.05, 0) is 18.4 Å². The molecule has 0 aliphatic carbocycles. The number of thiophene rings is 1. The fourth-order valence-electron chi connectivity index (χ4n) is 0.765. The summed E-state index contributed by atoms with van der Waals surface area (Å²) in [7, 11) is -4.38. The summed E-state index contributed by atoms with van der Waals surface area (Å²) in [5.41, 5.74) is -1.61. The second kappa shape index (κ2) is 3.14. The van der Waals surface area contributed by atoms with E-state index in [1.807, 2.05) is 0 Å². The SMILES string of the molecule is Cc1cc(C(O)S(=O)(=O)O)cs1. The first-order chi connectivity index (χ1) is 5.41. The van der Waals surface area contributed by atoms with E-state index in [2.05, 4.69) is 0 Å². The Morgan fingerprint density at radius 1 is 1.58 bits per heavy atom. The molecule has 0 amide bonds. The molecule has 0 spiro atoms. The smallest absolute Gasteiger partial charge is 0.296 e. The van der Waals surface area contributed by atoms with Crippen molar-refractivity contribution < 1.29 is 18.1 Å². The standard InChI is InChI=1S/C6H8O4S2/c1-4-2-5(3-11-4)6(7)12(8,9)10/h2-3,6-7H,1H3,(H,8,9,10). The Kier molecular flexibility index (Phi) is 2.52. The Balaban J connectivity index is 3.01. The molecule has 0 aliphatic heterocycles. The summed E-state index contributed by atoms with van der Waals surface area (Å²) in [4.78, 5) is 0.882. The van der Waals surface area contributed by atoms with Crippen molar-refractivity contribution in [2.24, 2.45) is 0 Å². The molecule has 1 aromatic heterocycles. The number of aliphatic hydroxyl groups is 1. The van der Waals surface area contributed by atoms with E-state index in [4.69, 9.17) is 9.66 Å². The van der Waals surface area contributed by atoms with Crippen LogP contribution in [0.15, 0.2) is 11.4 Å². The first-order valence-electron chi connectivity index (χ1n) is 3.10. The van der Waals surface area contributed by atoms with Gasteiger partial charge in [-0.25, -0.2) is 0 Å². The molecule has 0 aromatic carbocycles. The second-order valence-corrected chi connectivity index (χ2v) is 4.95. The van der Waals surface area contributed by atoms with Gasteiger partial charge in [0, 0.05) is 10.4 Å². The van der Waals surface area contributed by atoms with E-state index in [1.165, 1.54) is 22.8 Å². The van der Waals surface area contributed by atoms with Crippen LogP contribution in [0.1, 0.15) is 15.9 Å². The van der Waals surface area contributed by atoms with Crippen LogP contribution >= 0.6 is 11.3 Å². The van der Waals surface area contributed by atoms with Crippen molar-refractivity contribution in [3.05, 3.63) is 21.9 Å². The Morgan fingerprint density at radius 2 is 2.17 bits per heavy atom. The van der Waals surface area contributed by atoms with Crippen molar-refractivity contribution >= 4 is 21.5 Å². The Morgan fingerprint density at radius 3 is 2.50 bits per heavy atom. The second-order valence-electron chi connectivity index (χ2n) is 2.36. The van der Waals surface area contributed by atoms with Gasteiger partial charge in [0.2, 0.25) is 5.44 Å². The topological polar surface area (TPSA) is 74.6 Å². The van der Waals surface area contributed by atoms with E-state index < -0.39 is 15.6 Å². The predicted octanol–water partition coefficient (Wildman–Crippen LogP) is 0.935. The molecule has 1 atom stereocenters. The van der Waals surface area contributed by atoms with E-state index in [0.29, 0.717) is 0 Å². The van der Waals surface area contributed by atoms with Crippen LogP contribution in [0.2, 0.25) is 0 Å². The maximum absolute atomic E-state index is 10.5. The number of aliphatic hydroxyl groups excluding tert-OH is 1. The minimum atomic E-state index is -4.38. The van der Waals surface area contributed by atoms with Crippen molar-refractivity contribution in [2.75, 3.05) is 0 Å². The monoisotopic (exact) mass is 208 g/mol. The highest BCUT2D eigenvalue weighted by Crippen LogP contribution is 2.23. The van der Waals surface area contributed by atoms with Crippen molar-refractivity contribution in [1.29, 1.82) is 0 Å². The van der Waals surface area contributed by atoms with Crippen molar-refractivity contribution in [3.8, 4) is 0 Å². The summed E-state index contributed by atoms with van der Waals surface area (Å²) in [6, 6.07) is 1.52. The third kappa shape index (κ3) is 2.04. The third-order valence-corrected chi connectivity index (χ3v) is 3.03. The minimum Gasteiger partial charge on any atom is -0.371 e. The predicted molar refractivity (Wildman–Crippen MR) is 45.6 cm³/mol. The Bertz CT molecular complexity index is 365. The zero-order valence-corrected chi connectivity index (χ0v) is 7.89. The van der Waals surface area contributed by atoms with Gasteiger partial charge >= 0.3 is 0 Å². The van der Waals surface area contributed by atoms with Crippen molar-refractivity contribution in [2.45, 2.75) is 12.4 Å². The summed E-state index contributed by atoms with van der Waals surface area (Å²) < 4.78 is 29.4. The largest absolute Gasteiger partial charge is 0.371 e. The van der Waals surface area contributed by atoms with Crippen LogP contribution in [0.3, 0.4) is 0 Å². The lowest BCUT2D eigenvalue weighted by Gasteiger charge is -2.02. The van der Waals surface area contributed by atoms with E-state index in [1.54, 1.807) is 6.92 Å². The molecule has 2 N–H and O–H groups in total.